The number of carbonyl (C=O) groups is 2. The third kappa shape index (κ3) is 6.87. The molecule has 6 nitrogen and oxygen atoms in total. The van der Waals surface area contributed by atoms with Gasteiger partial charge in [0.05, 0.1) is 13.1 Å². The maximum Gasteiger partial charge on any atom is 0.317 e. The Labute approximate surface area is 88.4 Å². The lowest BCUT2D eigenvalue weighted by molar-refractivity contribution is -0.142. The molecular formula is C9H17NO5. The van der Waals surface area contributed by atoms with Crippen LogP contribution in [-0.2, 0) is 14.3 Å². The summed E-state index contributed by atoms with van der Waals surface area (Å²) in [6, 6.07) is -0.128. The molecule has 0 aromatic heterocycles. The first-order valence-corrected chi connectivity index (χ1v) is 4.64. The summed E-state index contributed by atoms with van der Waals surface area (Å²) in [5.74, 6) is -2.05. The Morgan fingerprint density at radius 1 is 1.27 bits per heavy atom. The first-order valence-electron chi connectivity index (χ1n) is 4.64. The average Bonchev–Trinajstić information content (AvgIpc) is 2.11. The van der Waals surface area contributed by atoms with E-state index in [-0.39, 0.29) is 19.1 Å². The van der Waals surface area contributed by atoms with Crippen LogP contribution < -0.4 is 0 Å². The van der Waals surface area contributed by atoms with E-state index in [0.29, 0.717) is 13.0 Å². The topological polar surface area (TPSA) is 87.1 Å². The second-order valence-corrected chi connectivity index (χ2v) is 3.32. The van der Waals surface area contributed by atoms with Gasteiger partial charge < -0.3 is 14.9 Å². The molecule has 1 atom stereocenters. The third-order valence-electron chi connectivity index (χ3n) is 2.04. The highest BCUT2D eigenvalue weighted by Crippen LogP contribution is 2.03. The lowest BCUT2D eigenvalue weighted by atomic mass is 10.2. The van der Waals surface area contributed by atoms with Crippen LogP contribution in [0.25, 0.3) is 0 Å². The Morgan fingerprint density at radius 2 is 1.73 bits per heavy atom. The molecule has 0 saturated carbocycles. The molecule has 6 heteroatoms. The third-order valence-corrected chi connectivity index (χ3v) is 2.04. The summed E-state index contributed by atoms with van der Waals surface area (Å²) in [6.45, 7) is 1.73. The maximum absolute atomic E-state index is 10.5. The molecule has 15 heavy (non-hydrogen) atoms. The predicted octanol–water partition coefficient (Wildman–Crippen LogP) is -0.117. The van der Waals surface area contributed by atoms with Gasteiger partial charge in [-0.05, 0) is 13.3 Å². The molecule has 0 spiro atoms. The first kappa shape index (κ1) is 13.9. The van der Waals surface area contributed by atoms with E-state index in [1.165, 1.54) is 4.90 Å². The number of carboxylic acid groups (broad SMARTS) is 2. The molecule has 1 unspecified atom stereocenters. The smallest absolute Gasteiger partial charge is 0.317 e. The van der Waals surface area contributed by atoms with Gasteiger partial charge in [0, 0.05) is 19.8 Å². The van der Waals surface area contributed by atoms with Crippen LogP contribution in [0.15, 0.2) is 0 Å². The average molecular weight is 219 g/mol. The molecule has 0 aliphatic heterocycles. The van der Waals surface area contributed by atoms with E-state index in [0.717, 1.165) is 0 Å². The zero-order valence-electron chi connectivity index (χ0n) is 8.97. The minimum atomic E-state index is -1.03. The van der Waals surface area contributed by atoms with E-state index in [9.17, 15) is 9.59 Å². The molecule has 0 aromatic carbocycles. The van der Waals surface area contributed by atoms with Crippen LogP contribution in [-0.4, -0.2) is 59.9 Å². The highest BCUT2D eigenvalue weighted by Gasteiger charge is 2.19. The van der Waals surface area contributed by atoms with Gasteiger partial charge >= 0.3 is 11.9 Å². The van der Waals surface area contributed by atoms with E-state index < -0.39 is 11.9 Å². The van der Waals surface area contributed by atoms with E-state index in [4.69, 9.17) is 14.9 Å². The van der Waals surface area contributed by atoms with Gasteiger partial charge in [-0.2, -0.15) is 0 Å². The van der Waals surface area contributed by atoms with Gasteiger partial charge in [0.1, 0.15) is 0 Å². The van der Waals surface area contributed by atoms with Crippen molar-refractivity contribution in [1.29, 1.82) is 0 Å². The molecular weight excluding hydrogens is 202 g/mol. The van der Waals surface area contributed by atoms with Gasteiger partial charge in [0.2, 0.25) is 0 Å². The largest absolute Gasteiger partial charge is 0.480 e. The minimum Gasteiger partial charge on any atom is -0.480 e. The van der Waals surface area contributed by atoms with Crippen molar-refractivity contribution in [2.75, 3.05) is 26.8 Å². The van der Waals surface area contributed by atoms with Crippen LogP contribution in [0.5, 0.6) is 0 Å². The summed E-state index contributed by atoms with van der Waals surface area (Å²) in [4.78, 5) is 22.4. The molecule has 0 amide bonds. The van der Waals surface area contributed by atoms with Crippen LogP contribution in [0.2, 0.25) is 0 Å². The number of ether oxygens (including phenoxy) is 1. The lowest BCUT2D eigenvalue weighted by Gasteiger charge is -2.25. The number of aliphatic carboxylic acids is 2. The van der Waals surface area contributed by atoms with Crippen molar-refractivity contribution < 1.29 is 24.5 Å². The fourth-order valence-electron chi connectivity index (χ4n) is 1.19. The van der Waals surface area contributed by atoms with Crippen LogP contribution in [0.3, 0.4) is 0 Å². The molecule has 0 aliphatic rings. The Bertz CT molecular complexity index is 203. The Kier molecular flexibility index (Phi) is 6.64. The second kappa shape index (κ2) is 7.19. The Hall–Kier alpha value is -1.14. The quantitative estimate of drug-likeness (QED) is 0.592. The molecule has 0 heterocycles. The van der Waals surface area contributed by atoms with E-state index in [1.807, 2.05) is 0 Å². The number of hydrogen-bond acceptors (Lipinski definition) is 4. The van der Waals surface area contributed by atoms with E-state index >= 15 is 0 Å². The van der Waals surface area contributed by atoms with Gasteiger partial charge in [-0.1, -0.05) is 0 Å². The van der Waals surface area contributed by atoms with Gasteiger partial charge in [0.15, 0.2) is 0 Å². The van der Waals surface area contributed by atoms with Crippen molar-refractivity contribution in [3.8, 4) is 0 Å². The van der Waals surface area contributed by atoms with E-state index in [1.54, 1.807) is 14.0 Å². The maximum atomic E-state index is 10.5. The summed E-state index contributed by atoms with van der Waals surface area (Å²) >= 11 is 0. The molecule has 0 bridgehead atoms. The Balaban J connectivity index is 4.19. The fourth-order valence-corrected chi connectivity index (χ4v) is 1.19. The summed E-state index contributed by atoms with van der Waals surface area (Å²) in [6.07, 6.45) is 0.608. The number of rotatable bonds is 8. The molecule has 0 radical (unpaired) electrons. The minimum absolute atomic E-state index is 0.128. The lowest BCUT2D eigenvalue weighted by Crippen LogP contribution is -2.41. The molecule has 2 N–H and O–H groups in total. The molecule has 0 saturated heterocycles. The molecule has 0 aliphatic carbocycles. The summed E-state index contributed by atoms with van der Waals surface area (Å²) in [5, 5.41) is 17.2. The highest BCUT2D eigenvalue weighted by molar-refractivity contribution is 5.72. The SMILES string of the molecule is COCCC(C)N(CC(=O)O)CC(=O)O. The summed E-state index contributed by atoms with van der Waals surface area (Å²) in [5.41, 5.74) is 0. The van der Waals surface area contributed by atoms with Gasteiger partial charge in [-0.3, -0.25) is 14.5 Å². The zero-order valence-corrected chi connectivity index (χ0v) is 8.97. The van der Waals surface area contributed by atoms with Crippen molar-refractivity contribution in [2.24, 2.45) is 0 Å². The van der Waals surface area contributed by atoms with Crippen molar-refractivity contribution in [3.63, 3.8) is 0 Å². The summed E-state index contributed by atoms with van der Waals surface area (Å²) in [7, 11) is 1.55. The van der Waals surface area contributed by atoms with Crippen LogP contribution in [0.4, 0.5) is 0 Å². The Morgan fingerprint density at radius 3 is 2.07 bits per heavy atom. The number of carboxylic acids is 2. The fraction of sp³-hybridized carbons (Fsp3) is 0.778. The zero-order chi connectivity index (χ0) is 11.8. The number of hydrogen-bond donors (Lipinski definition) is 2. The molecule has 0 fully saturated rings. The van der Waals surface area contributed by atoms with Gasteiger partial charge in [-0.25, -0.2) is 0 Å². The monoisotopic (exact) mass is 219 g/mol. The van der Waals surface area contributed by atoms with Crippen molar-refractivity contribution >= 4 is 11.9 Å². The van der Waals surface area contributed by atoms with Crippen LogP contribution in [0.1, 0.15) is 13.3 Å². The van der Waals surface area contributed by atoms with Crippen LogP contribution in [0, 0.1) is 0 Å². The van der Waals surface area contributed by atoms with E-state index in [2.05, 4.69) is 0 Å². The van der Waals surface area contributed by atoms with Crippen molar-refractivity contribution in [1.82, 2.24) is 4.90 Å². The number of nitrogens with zero attached hydrogens (tertiary/aromatic N) is 1. The second-order valence-electron chi connectivity index (χ2n) is 3.32. The normalized spacial score (nSPS) is 12.7. The predicted molar refractivity (Wildman–Crippen MR) is 52.8 cm³/mol. The molecule has 0 aromatic rings. The highest BCUT2D eigenvalue weighted by atomic mass is 16.5. The molecule has 88 valence electrons. The van der Waals surface area contributed by atoms with Crippen molar-refractivity contribution in [3.05, 3.63) is 0 Å². The first-order chi connectivity index (χ1) is 6.97. The summed E-state index contributed by atoms with van der Waals surface area (Å²) < 4.78 is 4.85. The molecule has 0 rings (SSSR count). The van der Waals surface area contributed by atoms with Crippen LogP contribution >= 0.6 is 0 Å². The van der Waals surface area contributed by atoms with Crippen molar-refractivity contribution in [2.45, 2.75) is 19.4 Å². The van der Waals surface area contributed by atoms with Gasteiger partial charge in [0.25, 0.3) is 0 Å². The number of methoxy groups -OCH3 is 1. The van der Waals surface area contributed by atoms with Gasteiger partial charge in [-0.15, -0.1) is 0 Å². The standard InChI is InChI=1S/C9H17NO5/c1-7(3-4-15-2)10(5-8(11)12)6-9(13)14/h7H,3-6H2,1-2H3,(H,11,12)(H,13,14).